The van der Waals surface area contributed by atoms with E-state index in [0.29, 0.717) is 11.3 Å². The van der Waals surface area contributed by atoms with Gasteiger partial charge < -0.3 is 14.4 Å². The van der Waals surface area contributed by atoms with Gasteiger partial charge in [0.05, 0.1) is 16.8 Å². The monoisotopic (exact) mass is 247 g/mol. The SMILES string of the molecule is C=Cc1nc(B2OC(C)(C)C(C)(C)O2)ccc1O. The second kappa shape index (κ2) is 4.11. The van der Waals surface area contributed by atoms with Gasteiger partial charge in [0, 0.05) is 0 Å². The lowest BCUT2D eigenvalue weighted by Gasteiger charge is -2.32. The van der Waals surface area contributed by atoms with Crippen LogP contribution in [0.3, 0.4) is 0 Å². The molecule has 1 fully saturated rings. The minimum atomic E-state index is -0.519. The minimum Gasteiger partial charge on any atom is -0.506 e. The van der Waals surface area contributed by atoms with E-state index in [9.17, 15) is 5.11 Å². The van der Waals surface area contributed by atoms with Crippen LogP contribution in [0.4, 0.5) is 0 Å². The first kappa shape index (κ1) is 13.1. The summed E-state index contributed by atoms with van der Waals surface area (Å²) in [6, 6.07) is 3.27. The number of rotatable bonds is 2. The van der Waals surface area contributed by atoms with Crippen molar-refractivity contribution in [3.63, 3.8) is 0 Å². The van der Waals surface area contributed by atoms with E-state index in [-0.39, 0.29) is 5.75 Å². The standard InChI is InChI=1S/C13H18BNO3/c1-6-9-10(16)7-8-11(15-9)14-17-12(2,3)13(4,5)18-14/h6-8,16H,1H2,2-5H3. The molecule has 0 atom stereocenters. The molecule has 2 heterocycles. The molecule has 0 radical (unpaired) electrons. The number of pyridine rings is 1. The zero-order valence-corrected chi connectivity index (χ0v) is 11.2. The lowest BCUT2D eigenvalue weighted by atomic mass is 9.84. The number of hydrogen-bond donors (Lipinski definition) is 1. The van der Waals surface area contributed by atoms with Gasteiger partial charge in [-0.2, -0.15) is 0 Å². The van der Waals surface area contributed by atoms with Gasteiger partial charge in [-0.25, -0.2) is 0 Å². The minimum absolute atomic E-state index is 0.102. The molecule has 1 aliphatic heterocycles. The largest absolute Gasteiger partial charge is 0.514 e. The van der Waals surface area contributed by atoms with Crippen molar-refractivity contribution in [2.45, 2.75) is 38.9 Å². The summed E-state index contributed by atoms with van der Waals surface area (Å²) in [6.07, 6.45) is 1.50. The third-order valence-electron chi connectivity index (χ3n) is 3.61. The first-order chi connectivity index (χ1) is 8.27. The summed E-state index contributed by atoms with van der Waals surface area (Å²) in [4.78, 5) is 4.29. The molecule has 18 heavy (non-hydrogen) atoms. The molecule has 0 aromatic carbocycles. The molecule has 0 unspecified atom stereocenters. The van der Waals surface area contributed by atoms with Crippen LogP contribution in [0, 0.1) is 0 Å². The molecule has 0 saturated carbocycles. The number of aromatic hydroxyl groups is 1. The highest BCUT2D eigenvalue weighted by Gasteiger charge is 2.52. The van der Waals surface area contributed by atoms with E-state index in [1.807, 2.05) is 27.7 Å². The molecule has 96 valence electrons. The predicted octanol–water partition coefficient (Wildman–Crippen LogP) is 1.73. The predicted molar refractivity (Wildman–Crippen MR) is 71.7 cm³/mol. The Morgan fingerprint density at radius 3 is 2.28 bits per heavy atom. The Bertz CT molecular complexity index is 469. The lowest BCUT2D eigenvalue weighted by molar-refractivity contribution is 0.00578. The van der Waals surface area contributed by atoms with E-state index < -0.39 is 18.3 Å². The maximum absolute atomic E-state index is 9.57. The second-order valence-corrected chi connectivity index (χ2v) is 5.43. The third kappa shape index (κ3) is 2.04. The van der Waals surface area contributed by atoms with Gasteiger partial charge in [0.15, 0.2) is 0 Å². The average molecular weight is 247 g/mol. The normalized spacial score (nSPS) is 21.0. The summed E-state index contributed by atoms with van der Waals surface area (Å²) in [5.74, 6) is 0.102. The van der Waals surface area contributed by atoms with Gasteiger partial charge in [-0.15, -0.1) is 0 Å². The van der Waals surface area contributed by atoms with Crippen LogP contribution in [0.2, 0.25) is 0 Å². The van der Waals surface area contributed by atoms with E-state index in [0.717, 1.165) is 0 Å². The molecular formula is C13H18BNO3. The highest BCUT2D eigenvalue weighted by atomic mass is 16.7. The van der Waals surface area contributed by atoms with E-state index in [1.165, 1.54) is 6.08 Å². The van der Waals surface area contributed by atoms with Crippen LogP contribution < -0.4 is 5.59 Å². The first-order valence-electron chi connectivity index (χ1n) is 5.95. The summed E-state index contributed by atoms with van der Waals surface area (Å²) >= 11 is 0. The Hall–Kier alpha value is -1.33. The van der Waals surface area contributed by atoms with Crippen LogP contribution >= 0.6 is 0 Å². The van der Waals surface area contributed by atoms with Gasteiger partial charge >= 0.3 is 7.12 Å². The molecule has 1 N–H and O–H groups in total. The summed E-state index contributed by atoms with van der Waals surface area (Å²) in [7, 11) is -0.519. The van der Waals surface area contributed by atoms with Crippen LogP contribution in [0.1, 0.15) is 33.4 Å². The molecular weight excluding hydrogens is 229 g/mol. The van der Waals surface area contributed by atoms with Gasteiger partial charge in [-0.1, -0.05) is 6.58 Å². The maximum atomic E-state index is 9.57. The molecule has 0 amide bonds. The summed E-state index contributed by atoms with van der Waals surface area (Å²) in [5, 5.41) is 9.57. The number of aromatic nitrogens is 1. The lowest BCUT2D eigenvalue weighted by Crippen LogP contribution is -2.41. The zero-order chi connectivity index (χ0) is 13.6. The smallest absolute Gasteiger partial charge is 0.506 e. The van der Waals surface area contributed by atoms with Crippen molar-refractivity contribution in [1.82, 2.24) is 4.98 Å². The summed E-state index contributed by atoms with van der Waals surface area (Å²) in [6.45, 7) is 11.6. The first-order valence-corrected chi connectivity index (χ1v) is 5.95. The Kier molecular flexibility index (Phi) is 2.99. The van der Waals surface area contributed by atoms with Crippen molar-refractivity contribution in [3.05, 3.63) is 24.4 Å². The van der Waals surface area contributed by atoms with Gasteiger partial charge in [0.2, 0.25) is 0 Å². The molecule has 2 rings (SSSR count). The van der Waals surface area contributed by atoms with Crippen molar-refractivity contribution in [2.75, 3.05) is 0 Å². The Morgan fingerprint density at radius 2 is 1.78 bits per heavy atom. The van der Waals surface area contributed by atoms with Crippen molar-refractivity contribution in [2.24, 2.45) is 0 Å². The molecule has 1 aliphatic rings. The molecule has 1 aromatic heterocycles. The molecule has 1 saturated heterocycles. The fraction of sp³-hybridized carbons (Fsp3) is 0.462. The molecule has 0 bridgehead atoms. The Balaban J connectivity index is 2.32. The van der Waals surface area contributed by atoms with Crippen LogP contribution in [-0.2, 0) is 9.31 Å². The van der Waals surface area contributed by atoms with Crippen molar-refractivity contribution in [1.29, 1.82) is 0 Å². The summed E-state index contributed by atoms with van der Waals surface area (Å²) in [5.41, 5.74) is 0.278. The van der Waals surface area contributed by atoms with Gasteiger partial charge in [0.25, 0.3) is 0 Å². The van der Waals surface area contributed by atoms with E-state index in [2.05, 4.69) is 11.6 Å². The molecule has 1 aromatic rings. The topological polar surface area (TPSA) is 51.6 Å². The van der Waals surface area contributed by atoms with Gasteiger partial charge in [-0.05, 0) is 45.9 Å². The zero-order valence-electron chi connectivity index (χ0n) is 11.2. The Labute approximate surface area is 108 Å². The fourth-order valence-corrected chi connectivity index (χ4v) is 1.73. The number of nitrogens with zero attached hydrogens (tertiary/aromatic N) is 1. The average Bonchev–Trinajstić information content (AvgIpc) is 2.49. The highest BCUT2D eigenvalue weighted by Crippen LogP contribution is 2.36. The van der Waals surface area contributed by atoms with Crippen molar-refractivity contribution < 1.29 is 14.4 Å². The van der Waals surface area contributed by atoms with Crippen LogP contribution in [0.25, 0.3) is 6.08 Å². The maximum Gasteiger partial charge on any atom is 0.514 e. The van der Waals surface area contributed by atoms with Crippen molar-refractivity contribution >= 4 is 18.8 Å². The van der Waals surface area contributed by atoms with E-state index in [4.69, 9.17) is 9.31 Å². The van der Waals surface area contributed by atoms with Gasteiger partial charge in [0.1, 0.15) is 11.4 Å². The number of hydrogen-bond acceptors (Lipinski definition) is 4. The van der Waals surface area contributed by atoms with Crippen LogP contribution in [0.15, 0.2) is 18.7 Å². The third-order valence-corrected chi connectivity index (χ3v) is 3.61. The quantitative estimate of drug-likeness (QED) is 0.808. The van der Waals surface area contributed by atoms with E-state index in [1.54, 1.807) is 12.1 Å². The Morgan fingerprint density at radius 1 is 1.22 bits per heavy atom. The fourth-order valence-electron chi connectivity index (χ4n) is 1.73. The van der Waals surface area contributed by atoms with E-state index >= 15 is 0 Å². The molecule has 5 heteroatoms. The van der Waals surface area contributed by atoms with Crippen LogP contribution in [0.5, 0.6) is 5.75 Å². The molecule has 0 aliphatic carbocycles. The highest BCUT2D eigenvalue weighted by molar-refractivity contribution is 6.61. The second-order valence-electron chi connectivity index (χ2n) is 5.43. The molecule has 0 spiro atoms. The van der Waals surface area contributed by atoms with Crippen LogP contribution in [-0.4, -0.2) is 28.4 Å². The summed E-state index contributed by atoms with van der Waals surface area (Å²) < 4.78 is 11.8. The van der Waals surface area contributed by atoms with Crippen molar-refractivity contribution in [3.8, 4) is 5.75 Å². The van der Waals surface area contributed by atoms with Gasteiger partial charge in [-0.3, -0.25) is 4.98 Å². The molecule has 4 nitrogen and oxygen atoms in total.